The van der Waals surface area contributed by atoms with Crippen molar-refractivity contribution in [3.8, 4) is 0 Å². The van der Waals surface area contributed by atoms with E-state index in [-0.39, 0.29) is 0 Å². The topological polar surface area (TPSA) is 45.0 Å². The van der Waals surface area contributed by atoms with Crippen LogP contribution in [0.1, 0.15) is 17.7 Å². The monoisotopic (exact) mass is 165 g/mol. The molecule has 3 nitrogen and oxygen atoms in total. The van der Waals surface area contributed by atoms with Crippen LogP contribution in [0.2, 0.25) is 0 Å². The number of aromatic nitrogens is 1. The van der Waals surface area contributed by atoms with Crippen LogP contribution < -0.4 is 5.73 Å². The fourth-order valence-electron chi connectivity index (χ4n) is 1.50. The molecule has 0 amide bonds. The van der Waals surface area contributed by atoms with E-state index in [9.17, 15) is 0 Å². The second-order valence-corrected chi connectivity index (χ2v) is 3.37. The van der Waals surface area contributed by atoms with Gasteiger partial charge in [0.15, 0.2) is 0 Å². The molecular formula is C9H15N3. The van der Waals surface area contributed by atoms with Gasteiger partial charge in [0.1, 0.15) is 0 Å². The van der Waals surface area contributed by atoms with Gasteiger partial charge in [0, 0.05) is 25.0 Å². The summed E-state index contributed by atoms with van der Waals surface area (Å²) in [7, 11) is 0. The van der Waals surface area contributed by atoms with E-state index in [0.29, 0.717) is 6.54 Å². The van der Waals surface area contributed by atoms with E-state index in [1.54, 1.807) is 0 Å². The average Bonchev–Trinajstić information content (AvgIpc) is 2.44. The molecule has 1 fully saturated rings. The maximum atomic E-state index is 5.50. The van der Waals surface area contributed by atoms with Crippen molar-refractivity contribution in [2.45, 2.75) is 19.5 Å². The van der Waals surface area contributed by atoms with Crippen LogP contribution in [0, 0.1) is 0 Å². The number of hydrogen-bond acceptors (Lipinski definition) is 2. The summed E-state index contributed by atoms with van der Waals surface area (Å²) in [6.07, 6.45) is 3.41. The Morgan fingerprint density at radius 3 is 2.83 bits per heavy atom. The Hall–Kier alpha value is -0.800. The number of aromatic amines is 1. The van der Waals surface area contributed by atoms with Gasteiger partial charge in [-0.15, -0.1) is 0 Å². The number of rotatable bonds is 3. The fraction of sp³-hybridized carbons (Fsp3) is 0.556. The van der Waals surface area contributed by atoms with Crippen molar-refractivity contribution in [2.75, 3.05) is 13.1 Å². The van der Waals surface area contributed by atoms with Gasteiger partial charge < -0.3 is 10.7 Å². The Balaban J connectivity index is 1.93. The van der Waals surface area contributed by atoms with Crippen LogP contribution in [-0.4, -0.2) is 23.0 Å². The second kappa shape index (κ2) is 3.29. The van der Waals surface area contributed by atoms with Gasteiger partial charge >= 0.3 is 0 Å². The van der Waals surface area contributed by atoms with E-state index in [1.807, 2.05) is 0 Å². The summed E-state index contributed by atoms with van der Waals surface area (Å²) in [5.74, 6) is 0. The number of nitrogens with one attached hydrogen (secondary N) is 1. The summed E-state index contributed by atoms with van der Waals surface area (Å²) in [4.78, 5) is 5.59. The van der Waals surface area contributed by atoms with Crippen molar-refractivity contribution in [3.63, 3.8) is 0 Å². The molecule has 2 heterocycles. The first-order valence-corrected chi connectivity index (χ1v) is 4.47. The first-order valence-electron chi connectivity index (χ1n) is 4.47. The molecular weight excluding hydrogens is 150 g/mol. The minimum absolute atomic E-state index is 0.611. The van der Waals surface area contributed by atoms with Gasteiger partial charge in [-0.3, -0.25) is 4.90 Å². The lowest BCUT2D eigenvalue weighted by atomic mass is 10.2. The number of H-pyrrole nitrogens is 1. The SMILES string of the molecule is NCc1cc(CN2CCC2)c[nH]1. The third-order valence-corrected chi connectivity index (χ3v) is 2.38. The molecule has 0 radical (unpaired) electrons. The minimum atomic E-state index is 0.611. The normalized spacial score (nSPS) is 17.8. The van der Waals surface area contributed by atoms with Gasteiger partial charge in [0.2, 0.25) is 0 Å². The van der Waals surface area contributed by atoms with Crippen LogP contribution in [0.4, 0.5) is 0 Å². The number of nitrogens with two attached hydrogens (primary N) is 1. The highest BCUT2D eigenvalue weighted by Crippen LogP contribution is 2.12. The zero-order chi connectivity index (χ0) is 8.39. The smallest absolute Gasteiger partial charge is 0.0332 e. The van der Waals surface area contributed by atoms with Gasteiger partial charge in [0.25, 0.3) is 0 Å². The Morgan fingerprint density at radius 1 is 1.50 bits per heavy atom. The van der Waals surface area contributed by atoms with Gasteiger partial charge in [-0.1, -0.05) is 0 Å². The van der Waals surface area contributed by atoms with Crippen LogP contribution in [-0.2, 0) is 13.1 Å². The van der Waals surface area contributed by atoms with E-state index in [0.717, 1.165) is 12.2 Å². The predicted octanol–water partition coefficient (Wildman–Crippen LogP) is 0.679. The van der Waals surface area contributed by atoms with E-state index >= 15 is 0 Å². The minimum Gasteiger partial charge on any atom is -0.364 e. The molecule has 1 aliphatic rings. The third-order valence-electron chi connectivity index (χ3n) is 2.38. The quantitative estimate of drug-likeness (QED) is 0.691. The molecule has 0 spiro atoms. The Morgan fingerprint density at radius 2 is 2.33 bits per heavy atom. The molecule has 66 valence electrons. The van der Waals surface area contributed by atoms with Crippen molar-refractivity contribution in [2.24, 2.45) is 5.73 Å². The molecule has 0 saturated carbocycles. The number of nitrogens with zero attached hydrogens (tertiary/aromatic N) is 1. The maximum Gasteiger partial charge on any atom is 0.0332 e. The summed E-state index contributed by atoms with van der Waals surface area (Å²) in [6.45, 7) is 4.20. The first kappa shape index (κ1) is 7.83. The van der Waals surface area contributed by atoms with Crippen molar-refractivity contribution in [1.29, 1.82) is 0 Å². The van der Waals surface area contributed by atoms with Crippen LogP contribution >= 0.6 is 0 Å². The van der Waals surface area contributed by atoms with Crippen LogP contribution in [0.3, 0.4) is 0 Å². The highest BCUT2D eigenvalue weighted by Gasteiger charge is 2.13. The van der Waals surface area contributed by atoms with Crippen molar-refractivity contribution < 1.29 is 0 Å². The molecule has 0 aliphatic carbocycles. The molecule has 1 aromatic rings. The summed E-state index contributed by atoms with van der Waals surface area (Å²) in [5.41, 5.74) is 7.98. The molecule has 0 aromatic carbocycles. The number of likely N-dealkylation sites (tertiary alicyclic amines) is 1. The first-order chi connectivity index (χ1) is 5.88. The molecule has 1 saturated heterocycles. The number of hydrogen-bond donors (Lipinski definition) is 2. The van der Waals surface area contributed by atoms with Gasteiger partial charge in [0.05, 0.1) is 0 Å². The summed E-state index contributed by atoms with van der Waals surface area (Å²) in [6, 6.07) is 2.15. The lowest BCUT2D eigenvalue weighted by Crippen LogP contribution is -2.36. The fourth-order valence-corrected chi connectivity index (χ4v) is 1.50. The average molecular weight is 165 g/mol. The molecule has 2 rings (SSSR count). The van der Waals surface area contributed by atoms with E-state index in [4.69, 9.17) is 5.73 Å². The summed E-state index contributed by atoms with van der Waals surface area (Å²) < 4.78 is 0. The van der Waals surface area contributed by atoms with E-state index in [1.165, 1.54) is 25.1 Å². The predicted molar refractivity (Wildman–Crippen MR) is 48.6 cm³/mol. The van der Waals surface area contributed by atoms with Crippen molar-refractivity contribution >= 4 is 0 Å². The Labute approximate surface area is 72.6 Å². The zero-order valence-corrected chi connectivity index (χ0v) is 7.21. The molecule has 0 atom stereocenters. The zero-order valence-electron chi connectivity index (χ0n) is 7.21. The van der Waals surface area contributed by atoms with Gasteiger partial charge in [-0.2, -0.15) is 0 Å². The molecule has 0 bridgehead atoms. The van der Waals surface area contributed by atoms with Gasteiger partial charge in [-0.05, 0) is 31.1 Å². The molecule has 1 aliphatic heterocycles. The Kier molecular flexibility index (Phi) is 2.15. The van der Waals surface area contributed by atoms with Crippen molar-refractivity contribution in [3.05, 3.63) is 23.5 Å². The molecule has 0 unspecified atom stereocenters. The van der Waals surface area contributed by atoms with Crippen LogP contribution in [0.5, 0.6) is 0 Å². The van der Waals surface area contributed by atoms with Gasteiger partial charge in [-0.25, -0.2) is 0 Å². The molecule has 3 heteroatoms. The Bertz CT molecular complexity index is 250. The van der Waals surface area contributed by atoms with E-state index in [2.05, 4.69) is 22.1 Å². The van der Waals surface area contributed by atoms with E-state index < -0.39 is 0 Å². The van der Waals surface area contributed by atoms with Crippen LogP contribution in [0.25, 0.3) is 0 Å². The standard InChI is InChI=1S/C9H15N3/c10-5-9-4-8(6-11-9)7-12-2-1-3-12/h4,6,11H,1-3,5,7,10H2. The third kappa shape index (κ3) is 1.52. The summed E-state index contributed by atoms with van der Waals surface area (Å²) in [5, 5.41) is 0. The largest absolute Gasteiger partial charge is 0.364 e. The lowest BCUT2D eigenvalue weighted by Gasteiger charge is -2.30. The molecule has 3 N–H and O–H groups in total. The highest BCUT2D eigenvalue weighted by atomic mass is 15.2. The lowest BCUT2D eigenvalue weighted by molar-refractivity contribution is 0.172. The highest BCUT2D eigenvalue weighted by molar-refractivity contribution is 5.16. The maximum absolute atomic E-state index is 5.50. The second-order valence-electron chi connectivity index (χ2n) is 3.37. The van der Waals surface area contributed by atoms with Crippen LogP contribution in [0.15, 0.2) is 12.3 Å². The van der Waals surface area contributed by atoms with Crippen molar-refractivity contribution in [1.82, 2.24) is 9.88 Å². The summed E-state index contributed by atoms with van der Waals surface area (Å²) >= 11 is 0. The molecule has 12 heavy (non-hydrogen) atoms. The molecule has 1 aromatic heterocycles.